The fourth-order valence-electron chi connectivity index (χ4n) is 2.39. The summed E-state index contributed by atoms with van der Waals surface area (Å²) in [5.41, 5.74) is 0. The van der Waals surface area contributed by atoms with Gasteiger partial charge in [0.15, 0.2) is 6.29 Å². The first-order chi connectivity index (χ1) is 11.3. The summed E-state index contributed by atoms with van der Waals surface area (Å²) in [6.07, 6.45) is -12.4. The smallest absolute Gasteiger partial charge is 0.187 e. The molecule has 0 saturated carbocycles. The molecule has 11 heteroatoms. The second-order valence-electron chi connectivity index (χ2n) is 5.58. The molecule has 0 aliphatic carbocycles. The largest absolute Gasteiger partial charge is 0.394 e. The van der Waals surface area contributed by atoms with Gasteiger partial charge in [-0.1, -0.05) is 6.92 Å². The molecule has 1 aliphatic heterocycles. The lowest BCUT2D eigenvalue weighted by atomic mass is 9.98. The van der Waals surface area contributed by atoms with E-state index in [-0.39, 0.29) is 6.42 Å². The minimum atomic E-state index is -1.60. The SMILES string of the molecule is CCC(O)C(O)C(O[C@H]1OC(CO)[C@@H](OI)[C@H](O)C1O)C(O)CO. The number of rotatable bonds is 9. The Morgan fingerprint density at radius 2 is 1.71 bits per heavy atom. The third kappa shape index (κ3) is 5.17. The Labute approximate surface area is 153 Å². The van der Waals surface area contributed by atoms with Crippen LogP contribution in [0.5, 0.6) is 0 Å². The molecule has 1 heterocycles. The van der Waals surface area contributed by atoms with Gasteiger partial charge in [0.2, 0.25) is 0 Å². The molecule has 0 aromatic carbocycles. The molecule has 9 atom stereocenters. The van der Waals surface area contributed by atoms with Crippen molar-refractivity contribution in [2.75, 3.05) is 13.2 Å². The lowest BCUT2D eigenvalue weighted by molar-refractivity contribution is -0.321. The standard InChI is InChI=1S/C13H25IO10/c1-2-5(17)8(19)11(6(18)3-15)23-13-10(21)9(20)12(24-14)7(4-16)22-13/h5-13,15-21H,2-4H2,1H3/t5?,6?,7?,8?,9-,10?,11?,12-,13-/m1/s1. The maximum atomic E-state index is 10.1. The minimum absolute atomic E-state index is 0.153. The van der Waals surface area contributed by atoms with Crippen LogP contribution in [0.15, 0.2) is 0 Å². The normalized spacial score (nSPS) is 36.1. The van der Waals surface area contributed by atoms with Gasteiger partial charge in [0, 0.05) is 0 Å². The van der Waals surface area contributed by atoms with Crippen molar-refractivity contribution in [3.63, 3.8) is 0 Å². The number of aliphatic hydroxyl groups excluding tert-OH is 7. The maximum Gasteiger partial charge on any atom is 0.187 e. The lowest BCUT2D eigenvalue weighted by Gasteiger charge is -2.43. The fourth-order valence-corrected chi connectivity index (χ4v) is 3.02. The molecule has 7 N–H and O–H groups in total. The molecule has 24 heavy (non-hydrogen) atoms. The monoisotopic (exact) mass is 468 g/mol. The van der Waals surface area contributed by atoms with Crippen LogP contribution in [0, 0.1) is 0 Å². The van der Waals surface area contributed by atoms with Gasteiger partial charge in [-0.25, -0.2) is 0 Å². The highest BCUT2D eigenvalue weighted by atomic mass is 127. The Kier molecular flexibility index (Phi) is 9.76. The molecular formula is C13H25IO10. The van der Waals surface area contributed by atoms with Crippen LogP contribution < -0.4 is 0 Å². The van der Waals surface area contributed by atoms with Crippen LogP contribution in [-0.4, -0.2) is 104 Å². The highest BCUT2D eigenvalue weighted by Crippen LogP contribution is 2.27. The molecule has 0 aromatic heterocycles. The number of ether oxygens (including phenoxy) is 2. The fraction of sp³-hybridized carbons (Fsp3) is 1.00. The predicted octanol–water partition coefficient (Wildman–Crippen LogP) is -2.97. The van der Waals surface area contributed by atoms with Crippen molar-refractivity contribution < 1.29 is 48.3 Å². The first kappa shape index (κ1) is 22.4. The van der Waals surface area contributed by atoms with E-state index in [1.165, 1.54) is 23.0 Å². The van der Waals surface area contributed by atoms with Gasteiger partial charge in [-0.3, -0.25) is 0 Å². The maximum absolute atomic E-state index is 10.1. The zero-order valence-electron chi connectivity index (χ0n) is 13.1. The molecule has 6 unspecified atom stereocenters. The van der Waals surface area contributed by atoms with Gasteiger partial charge in [0.1, 0.15) is 65.7 Å². The zero-order chi connectivity index (χ0) is 18.4. The highest BCUT2D eigenvalue weighted by molar-refractivity contribution is 14.1. The molecule has 0 amide bonds. The summed E-state index contributed by atoms with van der Waals surface area (Å²) in [4.78, 5) is 0. The van der Waals surface area contributed by atoms with Gasteiger partial charge >= 0.3 is 0 Å². The van der Waals surface area contributed by atoms with E-state index in [1.807, 2.05) is 0 Å². The van der Waals surface area contributed by atoms with Crippen LogP contribution in [0.3, 0.4) is 0 Å². The number of aliphatic hydroxyl groups is 7. The van der Waals surface area contributed by atoms with E-state index in [2.05, 4.69) is 0 Å². The van der Waals surface area contributed by atoms with Gasteiger partial charge in [0.25, 0.3) is 0 Å². The molecule has 1 saturated heterocycles. The van der Waals surface area contributed by atoms with Gasteiger partial charge in [-0.15, -0.1) is 0 Å². The molecule has 1 aliphatic rings. The zero-order valence-corrected chi connectivity index (χ0v) is 15.2. The van der Waals surface area contributed by atoms with E-state index in [0.717, 1.165) is 0 Å². The van der Waals surface area contributed by atoms with Crippen LogP contribution in [0.2, 0.25) is 0 Å². The van der Waals surface area contributed by atoms with Crippen molar-refractivity contribution >= 4 is 23.0 Å². The molecule has 0 spiro atoms. The quantitative estimate of drug-likeness (QED) is 0.174. The third-order valence-corrected chi connectivity index (χ3v) is 4.52. The van der Waals surface area contributed by atoms with Gasteiger partial charge < -0.3 is 48.3 Å². The van der Waals surface area contributed by atoms with Crippen LogP contribution in [0.1, 0.15) is 13.3 Å². The van der Waals surface area contributed by atoms with Crippen molar-refractivity contribution in [3.8, 4) is 0 Å². The molecular weight excluding hydrogens is 443 g/mol. The third-order valence-electron chi connectivity index (χ3n) is 3.93. The lowest BCUT2D eigenvalue weighted by Crippen LogP contribution is -2.61. The Morgan fingerprint density at radius 1 is 1.08 bits per heavy atom. The van der Waals surface area contributed by atoms with E-state index in [9.17, 15) is 30.6 Å². The van der Waals surface area contributed by atoms with Crippen LogP contribution in [0.4, 0.5) is 0 Å². The molecule has 0 bridgehead atoms. The summed E-state index contributed by atoms with van der Waals surface area (Å²) in [5, 5.41) is 68.1. The molecule has 0 aromatic rings. The number of halogens is 1. The summed E-state index contributed by atoms with van der Waals surface area (Å²) < 4.78 is 15.6. The minimum Gasteiger partial charge on any atom is -0.394 e. The number of hydrogen-bond donors (Lipinski definition) is 7. The van der Waals surface area contributed by atoms with E-state index in [0.29, 0.717) is 0 Å². The summed E-state index contributed by atoms with van der Waals surface area (Å²) in [6.45, 7) is 0.285. The highest BCUT2D eigenvalue weighted by Gasteiger charge is 2.47. The molecule has 1 fully saturated rings. The van der Waals surface area contributed by atoms with Crippen molar-refractivity contribution in [2.45, 2.75) is 68.5 Å². The van der Waals surface area contributed by atoms with E-state index in [4.69, 9.17) is 17.6 Å². The number of hydrogen-bond acceptors (Lipinski definition) is 10. The molecule has 144 valence electrons. The average Bonchev–Trinajstić information content (AvgIpc) is 2.60. The molecule has 10 nitrogen and oxygen atoms in total. The van der Waals surface area contributed by atoms with Crippen LogP contribution in [0.25, 0.3) is 0 Å². The van der Waals surface area contributed by atoms with E-state index >= 15 is 0 Å². The average molecular weight is 468 g/mol. The summed E-state index contributed by atoms with van der Waals surface area (Å²) >= 11 is 1.49. The van der Waals surface area contributed by atoms with Crippen molar-refractivity contribution in [1.82, 2.24) is 0 Å². The van der Waals surface area contributed by atoms with E-state index < -0.39 is 68.3 Å². The summed E-state index contributed by atoms with van der Waals surface area (Å²) in [5.74, 6) is 0. The van der Waals surface area contributed by atoms with Crippen molar-refractivity contribution in [2.24, 2.45) is 0 Å². The molecule has 1 rings (SSSR count). The Morgan fingerprint density at radius 3 is 2.17 bits per heavy atom. The Bertz CT molecular complexity index is 360. The van der Waals surface area contributed by atoms with Crippen molar-refractivity contribution in [1.29, 1.82) is 0 Å². The Balaban J connectivity index is 2.91. The Hall–Kier alpha value is 0.330. The first-order valence-electron chi connectivity index (χ1n) is 7.52. The van der Waals surface area contributed by atoms with Crippen LogP contribution in [-0.2, 0) is 12.5 Å². The van der Waals surface area contributed by atoms with Crippen molar-refractivity contribution in [3.05, 3.63) is 0 Å². The first-order valence-corrected chi connectivity index (χ1v) is 8.40. The van der Waals surface area contributed by atoms with E-state index in [1.54, 1.807) is 6.92 Å². The molecule has 0 radical (unpaired) electrons. The second-order valence-corrected chi connectivity index (χ2v) is 6.09. The predicted molar refractivity (Wildman–Crippen MR) is 86.9 cm³/mol. The topological polar surface area (TPSA) is 169 Å². The van der Waals surface area contributed by atoms with Crippen LogP contribution >= 0.6 is 23.0 Å². The second kappa shape index (κ2) is 10.5. The summed E-state index contributed by atoms with van der Waals surface area (Å²) in [6, 6.07) is 0. The summed E-state index contributed by atoms with van der Waals surface area (Å²) in [7, 11) is 0. The van der Waals surface area contributed by atoms with Gasteiger partial charge in [0.05, 0.1) is 19.3 Å². The van der Waals surface area contributed by atoms with Gasteiger partial charge in [-0.2, -0.15) is 0 Å². The van der Waals surface area contributed by atoms with Gasteiger partial charge in [-0.05, 0) is 6.42 Å².